The summed E-state index contributed by atoms with van der Waals surface area (Å²) in [6.45, 7) is 9.11. The van der Waals surface area contributed by atoms with Gasteiger partial charge in [-0.15, -0.1) is 0 Å². The van der Waals surface area contributed by atoms with Gasteiger partial charge in [0.15, 0.2) is 5.16 Å². The zero-order valence-corrected chi connectivity index (χ0v) is 24.1. The van der Waals surface area contributed by atoms with E-state index in [-0.39, 0.29) is 24.1 Å². The third-order valence-corrected chi connectivity index (χ3v) is 7.53. The molecule has 2 heterocycles. The second-order valence-electron chi connectivity index (χ2n) is 9.43. The summed E-state index contributed by atoms with van der Waals surface area (Å²) in [5.41, 5.74) is 4.37. The number of nitrogens with zero attached hydrogens (tertiary/aromatic N) is 4. The molecule has 0 aliphatic carbocycles. The molecule has 10 heteroatoms. The Morgan fingerprint density at radius 2 is 1.69 bits per heavy atom. The van der Waals surface area contributed by atoms with Crippen LogP contribution in [0.25, 0.3) is 0 Å². The number of benzene rings is 2. The number of amides is 2. The summed E-state index contributed by atoms with van der Waals surface area (Å²) in [7, 11) is 0. The molecule has 0 saturated carbocycles. The Labute approximate surface area is 239 Å². The Balaban J connectivity index is 1.49. The number of aryl methyl sites for hydroxylation is 2. The van der Waals surface area contributed by atoms with E-state index in [1.165, 1.54) is 11.8 Å². The van der Waals surface area contributed by atoms with Gasteiger partial charge in [-0.2, -0.15) is 0 Å². The number of hydrogen-bond acceptors (Lipinski definition) is 7. The van der Waals surface area contributed by atoms with Crippen LogP contribution in [0.4, 0.5) is 11.4 Å². The van der Waals surface area contributed by atoms with Crippen molar-refractivity contribution in [2.45, 2.75) is 44.9 Å². The van der Waals surface area contributed by atoms with Gasteiger partial charge in [0.1, 0.15) is 6.04 Å². The molecule has 0 bridgehead atoms. The molecule has 4 rings (SSSR count). The van der Waals surface area contributed by atoms with Crippen LogP contribution in [0.5, 0.6) is 0 Å². The van der Waals surface area contributed by atoms with Crippen molar-refractivity contribution >= 4 is 46.6 Å². The fourth-order valence-corrected chi connectivity index (χ4v) is 5.44. The van der Waals surface area contributed by atoms with Crippen LogP contribution in [0, 0.1) is 13.8 Å². The average Bonchev–Trinajstić information content (AvgIpc) is 2.93. The monoisotopic (exact) mass is 567 g/mol. The molecule has 39 heavy (non-hydrogen) atoms. The molecule has 3 aromatic rings. The Hall–Kier alpha value is -3.14. The molecule has 2 aromatic carbocycles. The smallest absolute Gasteiger partial charge is 0.247 e. The van der Waals surface area contributed by atoms with Gasteiger partial charge in [0, 0.05) is 47.4 Å². The first-order valence-corrected chi connectivity index (χ1v) is 14.4. The van der Waals surface area contributed by atoms with E-state index < -0.39 is 6.04 Å². The van der Waals surface area contributed by atoms with Crippen molar-refractivity contribution in [1.82, 2.24) is 14.9 Å². The lowest BCUT2D eigenvalue weighted by Gasteiger charge is -2.31. The van der Waals surface area contributed by atoms with E-state index in [0.717, 1.165) is 35.7 Å². The Morgan fingerprint density at radius 3 is 2.31 bits per heavy atom. The maximum atomic E-state index is 13.6. The SMILES string of the molecule is CCC(C(=O)Nc1ccc(N2CCOCC2)cc1)N(Cc1ccc(Cl)cc1)C(=O)CSc1nc(C)cc(C)n1. The van der Waals surface area contributed by atoms with Crippen molar-refractivity contribution in [3.8, 4) is 0 Å². The quantitative estimate of drug-likeness (QED) is 0.269. The number of thioether (sulfide) groups is 1. The molecule has 2 amide bonds. The predicted octanol–water partition coefficient (Wildman–Crippen LogP) is 5.12. The second kappa shape index (κ2) is 13.8. The van der Waals surface area contributed by atoms with Gasteiger partial charge >= 0.3 is 0 Å². The zero-order valence-electron chi connectivity index (χ0n) is 22.5. The van der Waals surface area contributed by atoms with E-state index in [1.807, 2.05) is 63.2 Å². The highest BCUT2D eigenvalue weighted by atomic mass is 35.5. The normalized spacial score (nSPS) is 14.1. The second-order valence-corrected chi connectivity index (χ2v) is 10.8. The summed E-state index contributed by atoms with van der Waals surface area (Å²) in [5, 5.41) is 4.18. The average molecular weight is 568 g/mol. The van der Waals surface area contributed by atoms with Crippen LogP contribution in [0.2, 0.25) is 5.02 Å². The number of ether oxygens (including phenoxy) is 1. The molecule has 1 aliphatic rings. The maximum Gasteiger partial charge on any atom is 0.247 e. The van der Waals surface area contributed by atoms with Crippen molar-refractivity contribution in [3.63, 3.8) is 0 Å². The lowest BCUT2D eigenvalue weighted by molar-refractivity contribution is -0.137. The lowest BCUT2D eigenvalue weighted by atomic mass is 10.1. The summed E-state index contributed by atoms with van der Waals surface area (Å²) >= 11 is 7.35. The molecule has 206 valence electrons. The van der Waals surface area contributed by atoms with Crippen molar-refractivity contribution in [1.29, 1.82) is 0 Å². The number of nitrogens with one attached hydrogen (secondary N) is 1. The van der Waals surface area contributed by atoms with E-state index in [1.54, 1.807) is 17.0 Å². The number of halogens is 1. The maximum absolute atomic E-state index is 13.6. The van der Waals surface area contributed by atoms with Crippen molar-refractivity contribution < 1.29 is 14.3 Å². The largest absolute Gasteiger partial charge is 0.378 e. The molecule has 1 atom stereocenters. The van der Waals surface area contributed by atoms with Crippen molar-refractivity contribution in [3.05, 3.63) is 76.6 Å². The number of morpholine rings is 1. The lowest BCUT2D eigenvalue weighted by Crippen LogP contribution is -2.47. The van der Waals surface area contributed by atoms with E-state index in [2.05, 4.69) is 20.2 Å². The first-order valence-electron chi connectivity index (χ1n) is 13.0. The number of aromatic nitrogens is 2. The first kappa shape index (κ1) is 28.9. The van der Waals surface area contributed by atoms with E-state index >= 15 is 0 Å². The fourth-order valence-electron chi connectivity index (χ4n) is 4.48. The molecular formula is C29H34ClN5O3S. The minimum Gasteiger partial charge on any atom is -0.378 e. The molecule has 1 aliphatic heterocycles. The molecular weight excluding hydrogens is 534 g/mol. The van der Waals surface area contributed by atoms with Crippen LogP contribution in [-0.2, 0) is 20.9 Å². The molecule has 8 nitrogen and oxygen atoms in total. The van der Waals surface area contributed by atoms with Crippen LogP contribution < -0.4 is 10.2 Å². The van der Waals surface area contributed by atoms with Crippen LogP contribution in [0.3, 0.4) is 0 Å². The highest BCUT2D eigenvalue weighted by Crippen LogP contribution is 2.22. The van der Waals surface area contributed by atoms with Gasteiger partial charge in [-0.1, -0.05) is 42.4 Å². The number of hydrogen-bond donors (Lipinski definition) is 1. The number of anilines is 2. The first-order chi connectivity index (χ1) is 18.8. The minimum absolute atomic E-state index is 0.120. The molecule has 1 N–H and O–H groups in total. The van der Waals surface area contributed by atoms with Crippen LogP contribution in [-0.4, -0.2) is 64.8 Å². The number of carbonyl (C=O) groups excluding carboxylic acids is 2. The van der Waals surface area contributed by atoms with E-state index in [9.17, 15) is 9.59 Å². The Bertz CT molecular complexity index is 1250. The minimum atomic E-state index is -0.659. The molecule has 0 radical (unpaired) electrons. The van der Waals surface area contributed by atoms with E-state index in [4.69, 9.17) is 16.3 Å². The molecule has 1 saturated heterocycles. The highest BCUT2D eigenvalue weighted by molar-refractivity contribution is 7.99. The zero-order chi connectivity index (χ0) is 27.8. The van der Waals surface area contributed by atoms with Crippen LogP contribution >= 0.6 is 23.4 Å². The van der Waals surface area contributed by atoms with Gasteiger partial charge < -0.3 is 19.9 Å². The van der Waals surface area contributed by atoms with Crippen molar-refractivity contribution in [2.75, 3.05) is 42.3 Å². The standard InChI is InChI=1S/C29H34ClN5O3S/c1-4-26(28(37)33-24-9-11-25(12-10-24)34-13-15-38-16-14-34)35(18-22-5-7-23(30)8-6-22)27(36)19-39-29-31-20(2)17-21(3)32-29/h5-12,17,26H,4,13-16,18-19H2,1-3H3,(H,33,37). The summed E-state index contributed by atoms with van der Waals surface area (Å²) in [6, 6.07) is 16.3. The van der Waals surface area contributed by atoms with Gasteiger partial charge in [-0.25, -0.2) is 9.97 Å². The molecule has 0 spiro atoms. The molecule has 1 fully saturated rings. The Morgan fingerprint density at radius 1 is 1.05 bits per heavy atom. The summed E-state index contributed by atoms with van der Waals surface area (Å²) in [4.78, 5) is 39.8. The number of rotatable bonds is 10. The number of carbonyl (C=O) groups is 2. The van der Waals surface area contributed by atoms with Crippen LogP contribution in [0.1, 0.15) is 30.3 Å². The van der Waals surface area contributed by atoms with Gasteiger partial charge in [-0.3, -0.25) is 9.59 Å². The van der Waals surface area contributed by atoms with Gasteiger partial charge in [0.25, 0.3) is 0 Å². The topological polar surface area (TPSA) is 87.7 Å². The Kier molecular flexibility index (Phi) is 10.2. The third-order valence-electron chi connectivity index (χ3n) is 6.45. The molecule has 1 aromatic heterocycles. The summed E-state index contributed by atoms with van der Waals surface area (Å²) in [5.74, 6) is -0.275. The van der Waals surface area contributed by atoms with E-state index in [0.29, 0.717) is 35.5 Å². The van der Waals surface area contributed by atoms with Gasteiger partial charge in [-0.05, 0) is 68.3 Å². The van der Waals surface area contributed by atoms with Crippen molar-refractivity contribution in [2.24, 2.45) is 0 Å². The highest BCUT2D eigenvalue weighted by Gasteiger charge is 2.29. The predicted molar refractivity (Wildman–Crippen MR) is 156 cm³/mol. The van der Waals surface area contributed by atoms with Gasteiger partial charge in [0.05, 0.1) is 19.0 Å². The molecule has 1 unspecified atom stereocenters. The summed E-state index contributed by atoms with van der Waals surface area (Å²) < 4.78 is 5.43. The third kappa shape index (κ3) is 8.17. The van der Waals surface area contributed by atoms with Gasteiger partial charge in [0.2, 0.25) is 11.8 Å². The summed E-state index contributed by atoms with van der Waals surface area (Å²) in [6.07, 6.45) is 0.460. The van der Waals surface area contributed by atoms with Crippen LogP contribution in [0.15, 0.2) is 59.8 Å². The fraction of sp³-hybridized carbons (Fsp3) is 0.379.